The summed E-state index contributed by atoms with van der Waals surface area (Å²) in [7, 11) is 0. The van der Waals surface area contributed by atoms with Crippen molar-refractivity contribution in [2.75, 3.05) is 11.9 Å². The zero-order valence-electron chi connectivity index (χ0n) is 12.9. The number of nitrogens with one attached hydrogen (secondary N) is 2. The van der Waals surface area contributed by atoms with Crippen molar-refractivity contribution in [1.29, 1.82) is 0 Å². The van der Waals surface area contributed by atoms with Crippen LogP contribution in [-0.2, 0) is 11.6 Å². The van der Waals surface area contributed by atoms with Gasteiger partial charge in [-0.3, -0.25) is 0 Å². The maximum absolute atomic E-state index is 13.7. The third kappa shape index (κ3) is 2.90. The Kier molecular flexibility index (Phi) is 3.41. The van der Waals surface area contributed by atoms with E-state index in [9.17, 15) is 17.6 Å². The largest absolute Gasteiger partial charge is 0.416 e. The van der Waals surface area contributed by atoms with Gasteiger partial charge in [0.1, 0.15) is 17.7 Å². The summed E-state index contributed by atoms with van der Waals surface area (Å²) in [5.74, 6) is -0.365. The second-order valence-electron chi connectivity index (χ2n) is 6.18. The summed E-state index contributed by atoms with van der Waals surface area (Å²) < 4.78 is 52.5. The van der Waals surface area contributed by atoms with Crippen molar-refractivity contribution < 1.29 is 17.6 Å². The van der Waals surface area contributed by atoms with Crippen LogP contribution in [0.25, 0.3) is 11.2 Å². The van der Waals surface area contributed by atoms with Crippen LogP contribution in [0.2, 0.25) is 0 Å². The number of nitrogens with zero attached hydrogens (tertiary/aromatic N) is 3. The highest BCUT2D eigenvalue weighted by Gasteiger charge is 2.45. The van der Waals surface area contributed by atoms with E-state index in [2.05, 4.69) is 25.3 Å². The smallest absolute Gasteiger partial charge is 0.367 e. The van der Waals surface area contributed by atoms with Gasteiger partial charge in [0.25, 0.3) is 0 Å². The Balaban J connectivity index is 1.61. The fraction of sp³-hybridized carbons (Fsp3) is 0.312. The lowest BCUT2D eigenvalue weighted by atomic mass is 9.94. The first kappa shape index (κ1) is 15.8. The normalized spacial score (nSPS) is 16.2. The second-order valence-corrected chi connectivity index (χ2v) is 6.18. The number of benzene rings is 1. The SMILES string of the molecule is Fc1cc(C(F)(F)F)cc(C2(CNc3ncnc4nc[nH]c34)CC2)c1. The number of halogens is 4. The van der Waals surface area contributed by atoms with E-state index in [-0.39, 0.29) is 0 Å². The molecule has 2 aromatic heterocycles. The molecule has 4 rings (SSSR count). The minimum atomic E-state index is -4.57. The lowest BCUT2D eigenvalue weighted by molar-refractivity contribution is -0.137. The molecule has 0 bridgehead atoms. The molecule has 0 aliphatic heterocycles. The zero-order chi connectivity index (χ0) is 17.7. The third-order valence-corrected chi connectivity index (χ3v) is 4.51. The first-order valence-electron chi connectivity index (χ1n) is 7.64. The minimum absolute atomic E-state index is 0.346. The van der Waals surface area contributed by atoms with Gasteiger partial charge in [0.15, 0.2) is 11.5 Å². The molecular weight excluding hydrogens is 338 g/mol. The van der Waals surface area contributed by atoms with Crippen molar-refractivity contribution in [2.24, 2.45) is 0 Å². The van der Waals surface area contributed by atoms with E-state index in [0.717, 1.165) is 6.07 Å². The third-order valence-electron chi connectivity index (χ3n) is 4.51. The van der Waals surface area contributed by atoms with Gasteiger partial charge in [-0.1, -0.05) is 0 Å². The predicted octanol–water partition coefficient (Wildman–Crippen LogP) is 3.65. The van der Waals surface area contributed by atoms with Crippen LogP contribution in [0.15, 0.2) is 30.9 Å². The highest BCUT2D eigenvalue weighted by molar-refractivity contribution is 5.81. The molecule has 1 fully saturated rings. The Morgan fingerprint density at radius 3 is 2.64 bits per heavy atom. The summed E-state index contributed by atoms with van der Waals surface area (Å²) in [6.07, 6.45) is -0.375. The molecule has 2 N–H and O–H groups in total. The first-order valence-corrected chi connectivity index (χ1v) is 7.64. The van der Waals surface area contributed by atoms with Gasteiger partial charge in [-0.05, 0) is 36.6 Å². The number of hydrogen-bond acceptors (Lipinski definition) is 4. The van der Waals surface area contributed by atoms with Gasteiger partial charge in [0.2, 0.25) is 0 Å². The number of hydrogen-bond donors (Lipinski definition) is 2. The summed E-state index contributed by atoms with van der Waals surface area (Å²) in [5.41, 5.74) is -0.0330. The number of imidazole rings is 1. The number of anilines is 1. The molecule has 0 amide bonds. The molecule has 0 radical (unpaired) electrons. The highest BCUT2D eigenvalue weighted by Crippen LogP contribution is 2.49. The van der Waals surface area contributed by atoms with Crippen LogP contribution in [0, 0.1) is 5.82 Å². The van der Waals surface area contributed by atoms with Gasteiger partial charge in [-0.15, -0.1) is 0 Å². The van der Waals surface area contributed by atoms with Gasteiger partial charge < -0.3 is 10.3 Å². The number of aromatic nitrogens is 4. The Morgan fingerprint density at radius 2 is 1.92 bits per heavy atom. The summed E-state index contributed by atoms with van der Waals surface area (Å²) in [6.45, 7) is 0.346. The van der Waals surface area contributed by atoms with E-state index >= 15 is 0 Å². The number of H-pyrrole nitrogens is 1. The van der Waals surface area contributed by atoms with E-state index in [4.69, 9.17) is 0 Å². The predicted molar refractivity (Wildman–Crippen MR) is 82.5 cm³/mol. The summed E-state index contributed by atoms with van der Waals surface area (Å²) in [6, 6.07) is 2.73. The molecular formula is C16H13F4N5. The molecule has 9 heteroatoms. The summed E-state index contributed by atoms with van der Waals surface area (Å²) in [4.78, 5) is 15.1. The van der Waals surface area contributed by atoms with Crippen molar-refractivity contribution in [2.45, 2.75) is 24.4 Å². The average molecular weight is 351 g/mol. The van der Waals surface area contributed by atoms with Crippen LogP contribution < -0.4 is 5.32 Å². The van der Waals surface area contributed by atoms with E-state index in [1.807, 2.05) is 0 Å². The fourth-order valence-corrected chi connectivity index (χ4v) is 2.93. The Morgan fingerprint density at radius 1 is 1.12 bits per heavy atom. The van der Waals surface area contributed by atoms with E-state index in [1.165, 1.54) is 18.7 Å². The number of fused-ring (bicyclic) bond motifs is 1. The molecule has 1 saturated carbocycles. The molecule has 1 aliphatic rings. The van der Waals surface area contributed by atoms with Crippen LogP contribution in [-0.4, -0.2) is 26.5 Å². The fourth-order valence-electron chi connectivity index (χ4n) is 2.93. The number of alkyl halides is 3. The number of aromatic amines is 1. The Labute approximate surface area is 139 Å². The molecule has 25 heavy (non-hydrogen) atoms. The van der Waals surface area contributed by atoms with Crippen LogP contribution in [0.4, 0.5) is 23.4 Å². The van der Waals surface area contributed by atoms with Crippen LogP contribution in [0.1, 0.15) is 24.0 Å². The molecule has 2 heterocycles. The van der Waals surface area contributed by atoms with Crippen LogP contribution >= 0.6 is 0 Å². The molecule has 0 spiro atoms. The molecule has 1 aromatic carbocycles. The van der Waals surface area contributed by atoms with Gasteiger partial charge in [0, 0.05) is 12.0 Å². The number of rotatable bonds is 4. The van der Waals surface area contributed by atoms with Crippen molar-refractivity contribution in [1.82, 2.24) is 19.9 Å². The maximum atomic E-state index is 13.7. The van der Waals surface area contributed by atoms with Crippen LogP contribution in [0.5, 0.6) is 0 Å². The molecule has 1 aliphatic carbocycles. The lowest BCUT2D eigenvalue weighted by Gasteiger charge is -2.19. The van der Waals surface area contributed by atoms with Gasteiger partial charge in [-0.2, -0.15) is 13.2 Å². The van der Waals surface area contributed by atoms with Gasteiger partial charge >= 0.3 is 6.18 Å². The monoisotopic (exact) mass is 351 g/mol. The van der Waals surface area contributed by atoms with E-state index < -0.39 is 23.0 Å². The standard InChI is InChI=1S/C16H13F4N5/c17-11-4-9(3-10(5-11)16(18,19)20)15(1-2-15)6-21-13-12-14(23-7-22-12)25-8-24-13/h3-5,7-8H,1-2,6H2,(H2,21,22,23,24,25). The second kappa shape index (κ2) is 5.40. The van der Waals surface area contributed by atoms with Gasteiger partial charge in [-0.25, -0.2) is 19.3 Å². The topological polar surface area (TPSA) is 66.5 Å². The average Bonchev–Trinajstić information content (AvgIpc) is 3.20. The van der Waals surface area contributed by atoms with Gasteiger partial charge in [0.05, 0.1) is 11.9 Å². The van der Waals surface area contributed by atoms with Crippen molar-refractivity contribution in [3.8, 4) is 0 Å². The molecule has 0 atom stereocenters. The molecule has 3 aromatic rings. The van der Waals surface area contributed by atoms with Crippen molar-refractivity contribution >= 4 is 17.0 Å². The first-order chi connectivity index (χ1) is 11.9. The molecule has 0 unspecified atom stereocenters. The van der Waals surface area contributed by atoms with Crippen molar-refractivity contribution in [3.63, 3.8) is 0 Å². The van der Waals surface area contributed by atoms with Crippen molar-refractivity contribution in [3.05, 3.63) is 47.8 Å². The van der Waals surface area contributed by atoms with E-state index in [0.29, 0.717) is 48.0 Å². The Hall–Kier alpha value is -2.71. The highest BCUT2D eigenvalue weighted by atomic mass is 19.4. The van der Waals surface area contributed by atoms with Crippen LogP contribution in [0.3, 0.4) is 0 Å². The minimum Gasteiger partial charge on any atom is -0.367 e. The molecule has 130 valence electrons. The maximum Gasteiger partial charge on any atom is 0.416 e. The quantitative estimate of drug-likeness (QED) is 0.704. The lowest BCUT2D eigenvalue weighted by Crippen LogP contribution is -2.21. The summed E-state index contributed by atoms with van der Waals surface area (Å²) >= 11 is 0. The zero-order valence-corrected chi connectivity index (χ0v) is 12.9. The molecule has 5 nitrogen and oxygen atoms in total. The molecule has 0 saturated heterocycles. The summed E-state index contributed by atoms with van der Waals surface area (Å²) in [5, 5.41) is 3.13. The van der Waals surface area contributed by atoms with E-state index in [1.54, 1.807) is 0 Å². The Bertz CT molecular complexity index is 930.